The molecule has 0 amide bonds. The molecule has 0 radical (unpaired) electrons. The van der Waals surface area contributed by atoms with E-state index in [1.165, 1.54) is 22.3 Å². The Balaban J connectivity index is 2.94. The number of carbonyl (C=O) groups excluding carboxylic acids is 1. The smallest absolute Gasteiger partial charge is 0.143 e. The van der Waals surface area contributed by atoms with Gasteiger partial charge in [-0.1, -0.05) is 31.5 Å². The van der Waals surface area contributed by atoms with Gasteiger partial charge in [-0.15, -0.1) is 0 Å². The number of Topliss-reactive ketones (excluding diaryl/α,β-unsaturated/α-hetero) is 1. The van der Waals surface area contributed by atoms with Gasteiger partial charge in [-0.3, -0.25) is 4.79 Å². The molecule has 1 rings (SSSR count). The zero-order valence-corrected chi connectivity index (χ0v) is 12.5. The van der Waals surface area contributed by atoms with Crippen LogP contribution in [-0.4, -0.2) is 18.9 Å². The molecule has 0 fully saturated rings. The van der Waals surface area contributed by atoms with Gasteiger partial charge in [0.25, 0.3) is 0 Å². The Labute approximate surface area is 111 Å². The van der Waals surface area contributed by atoms with E-state index in [-0.39, 0.29) is 11.2 Å². The van der Waals surface area contributed by atoms with Crippen LogP contribution < -0.4 is 5.32 Å². The minimum atomic E-state index is 0.0390. The van der Waals surface area contributed by atoms with Gasteiger partial charge in [0.1, 0.15) is 5.78 Å². The van der Waals surface area contributed by atoms with E-state index in [4.69, 9.17) is 0 Å². The monoisotopic (exact) mass is 247 g/mol. The van der Waals surface area contributed by atoms with Gasteiger partial charge in [-0.2, -0.15) is 0 Å². The summed E-state index contributed by atoms with van der Waals surface area (Å²) in [5, 5.41) is 3.24. The van der Waals surface area contributed by atoms with Crippen LogP contribution in [0.4, 0.5) is 0 Å². The summed E-state index contributed by atoms with van der Waals surface area (Å²) in [6.45, 7) is 13.8. The largest absolute Gasteiger partial charge is 0.309 e. The first kappa shape index (κ1) is 14.9. The summed E-state index contributed by atoms with van der Waals surface area (Å²) in [5.74, 6) is 0.183. The Morgan fingerprint density at radius 2 is 1.67 bits per heavy atom. The van der Waals surface area contributed by atoms with Crippen LogP contribution in [0.25, 0.3) is 0 Å². The Hall–Kier alpha value is -1.15. The molecule has 2 nitrogen and oxygen atoms in total. The molecule has 1 aromatic carbocycles. The van der Waals surface area contributed by atoms with E-state index >= 15 is 0 Å². The van der Waals surface area contributed by atoms with E-state index in [1.54, 1.807) is 6.92 Å². The van der Waals surface area contributed by atoms with Crippen molar-refractivity contribution < 1.29 is 4.79 Å². The van der Waals surface area contributed by atoms with Gasteiger partial charge in [0.15, 0.2) is 0 Å². The summed E-state index contributed by atoms with van der Waals surface area (Å²) in [6, 6.07) is 4.46. The minimum absolute atomic E-state index is 0.0390. The Kier molecular flexibility index (Phi) is 4.69. The average molecular weight is 247 g/mol. The molecule has 0 saturated heterocycles. The third-order valence-corrected chi connectivity index (χ3v) is 3.29. The van der Waals surface area contributed by atoms with Crippen molar-refractivity contribution in [3.63, 3.8) is 0 Å². The van der Waals surface area contributed by atoms with Crippen LogP contribution in [0.1, 0.15) is 43.0 Å². The van der Waals surface area contributed by atoms with Crippen molar-refractivity contribution in [2.24, 2.45) is 0 Å². The van der Waals surface area contributed by atoms with Crippen molar-refractivity contribution >= 4 is 5.78 Å². The molecule has 0 aliphatic rings. The number of hydrogen-bond acceptors (Lipinski definition) is 2. The summed E-state index contributed by atoms with van der Waals surface area (Å²) in [7, 11) is 0. The number of nitrogens with one attached hydrogen (secondary N) is 1. The predicted octanol–water partition coefficient (Wildman–Crippen LogP) is 3.07. The highest BCUT2D eigenvalue weighted by Crippen LogP contribution is 2.29. The topological polar surface area (TPSA) is 29.1 Å². The van der Waals surface area contributed by atoms with Crippen LogP contribution in [0.3, 0.4) is 0 Å². The fourth-order valence-corrected chi connectivity index (χ4v) is 2.89. The number of rotatable bonds is 5. The van der Waals surface area contributed by atoms with Crippen LogP contribution in [0.5, 0.6) is 0 Å². The Morgan fingerprint density at radius 3 is 2.11 bits per heavy atom. The van der Waals surface area contributed by atoms with Crippen molar-refractivity contribution in [2.45, 2.75) is 47.0 Å². The van der Waals surface area contributed by atoms with Crippen LogP contribution in [-0.2, 0) is 10.2 Å². The van der Waals surface area contributed by atoms with Crippen molar-refractivity contribution in [3.05, 3.63) is 34.4 Å². The van der Waals surface area contributed by atoms with Gasteiger partial charge in [0, 0.05) is 12.0 Å². The molecule has 1 aromatic rings. The lowest BCUT2D eigenvalue weighted by Gasteiger charge is -2.29. The molecule has 0 aliphatic heterocycles. The number of carbonyl (C=O) groups is 1. The van der Waals surface area contributed by atoms with Crippen LogP contribution >= 0.6 is 0 Å². The highest BCUT2D eigenvalue weighted by molar-refractivity contribution is 5.77. The molecule has 0 bridgehead atoms. The van der Waals surface area contributed by atoms with E-state index in [1.807, 2.05) is 0 Å². The van der Waals surface area contributed by atoms with E-state index < -0.39 is 0 Å². The standard InChI is InChI=1S/C16H25NO/c1-11-7-12(2)15(13(3)8-11)16(5,6)10-17-9-14(4)18/h7-8,17H,9-10H2,1-6H3. The second-order valence-electron chi connectivity index (χ2n) is 5.96. The molecule has 0 unspecified atom stereocenters. The Morgan fingerprint density at radius 1 is 1.17 bits per heavy atom. The summed E-state index contributed by atoms with van der Waals surface area (Å²) >= 11 is 0. The zero-order valence-electron chi connectivity index (χ0n) is 12.5. The number of benzene rings is 1. The third kappa shape index (κ3) is 3.67. The number of ketones is 1. The first-order chi connectivity index (χ1) is 8.24. The summed E-state index contributed by atoms with van der Waals surface area (Å²) < 4.78 is 0. The average Bonchev–Trinajstić information content (AvgIpc) is 2.13. The van der Waals surface area contributed by atoms with Crippen molar-refractivity contribution in [2.75, 3.05) is 13.1 Å². The normalized spacial score (nSPS) is 11.7. The maximum Gasteiger partial charge on any atom is 0.143 e. The lowest BCUT2D eigenvalue weighted by Crippen LogP contribution is -2.36. The molecular weight excluding hydrogens is 222 g/mol. The molecule has 18 heavy (non-hydrogen) atoms. The van der Waals surface area contributed by atoms with Crippen molar-refractivity contribution in [1.29, 1.82) is 0 Å². The number of aryl methyl sites for hydroxylation is 3. The van der Waals surface area contributed by atoms with E-state index in [2.05, 4.69) is 52.1 Å². The van der Waals surface area contributed by atoms with E-state index in [0.717, 1.165) is 6.54 Å². The summed E-state index contributed by atoms with van der Waals surface area (Å²) in [6.07, 6.45) is 0. The highest BCUT2D eigenvalue weighted by Gasteiger charge is 2.24. The minimum Gasteiger partial charge on any atom is -0.309 e. The molecular formula is C16H25NO. The fourth-order valence-electron chi connectivity index (χ4n) is 2.89. The number of hydrogen-bond donors (Lipinski definition) is 1. The summed E-state index contributed by atoms with van der Waals surface area (Å²) in [5.41, 5.74) is 5.41. The summed E-state index contributed by atoms with van der Waals surface area (Å²) in [4.78, 5) is 11.0. The van der Waals surface area contributed by atoms with Crippen LogP contribution in [0.15, 0.2) is 12.1 Å². The predicted molar refractivity (Wildman–Crippen MR) is 77.2 cm³/mol. The first-order valence-corrected chi connectivity index (χ1v) is 6.52. The van der Waals surface area contributed by atoms with Gasteiger partial charge in [0.2, 0.25) is 0 Å². The lowest BCUT2D eigenvalue weighted by atomic mass is 9.79. The fraction of sp³-hybridized carbons (Fsp3) is 0.562. The molecule has 100 valence electrons. The van der Waals surface area contributed by atoms with Crippen molar-refractivity contribution in [1.82, 2.24) is 5.32 Å². The van der Waals surface area contributed by atoms with Gasteiger partial charge in [0.05, 0.1) is 6.54 Å². The molecule has 1 N–H and O–H groups in total. The molecule has 0 spiro atoms. The molecule has 0 atom stereocenters. The second-order valence-corrected chi connectivity index (χ2v) is 5.96. The van der Waals surface area contributed by atoms with E-state index in [0.29, 0.717) is 6.54 Å². The maximum atomic E-state index is 11.0. The SMILES string of the molecule is CC(=O)CNCC(C)(C)c1c(C)cc(C)cc1C. The third-order valence-electron chi connectivity index (χ3n) is 3.29. The molecule has 0 heterocycles. The molecule has 0 aromatic heterocycles. The molecule has 0 aliphatic carbocycles. The zero-order chi connectivity index (χ0) is 13.9. The van der Waals surface area contributed by atoms with Gasteiger partial charge in [-0.05, 0) is 44.4 Å². The second kappa shape index (κ2) is 5.66. The lowest BCUT2D eigenvalue weighted by molar-refractivity contribution is -0.116. The van der Waals surface area contributed by atoms with Crippen LogP contribution in [0.2, 0.25) is 0 Å². The molecule has 0 saturated carbocycles. The first-order valence-electron chi connectivity index (χ1n) is 6.52. The molecule has 2 heteroatoms. The Bertz CT molecular complexity index is 423. The van der Waals surface area contributed by atoms with Gasteiger partial charge < -0.3 is 5.32 Å². The van der Waals surface area contributed by atoms with Gasteiger partial charge in [-0.25, -0.2) is 0 Å². The van der Waals surface area contributed by atoms with Crippen molar-refractivity contribution in [3.8, 4) is 0 Å². The highest BCUT2D eigenvalue weighted by atomic mass is 16.1. The quantitative estimate of drug-likeness (QED) is 0.866. The van der Waals surface area contributed by atoms with E-state index in [9.17, 15) is 4.79 Å². The van der Waals surface area contributed by atoms with Gasteiger partial charge >= 0.3 is 0 Å². The van der Waals surface area contributed by atoms with Crippen LogP contribution in [0, 0.1) is 20.8 Å². The maximum absolute atomic E-state index is 11.0.